The van der Waals surface area contributed by atoms with Crippen molar-refractivity contribution in [2.75, 3.05) is 25.6 Å². The molecule has 0 saturated carbocycles. The van der Waals surface area contributed by atoms with Crippen LogP contribution < -0.4 is 5.73 Å². The first-order chi connectivity index (χ1) is 7.00. The zero-order valence-electron chi connectivity index (χ0n) is 8.77. The molecule has 1 aromatic rings. The Hall–Kier alpha value is -1.36. The van der Waals surface area contributed by atoms with E-state index in [1.54, 1.807) is 38.4 Å². The molecular formula is C10H14N2O2S. The third kappa shape index (κ3) is 3.36. The van der Waals surface area contributed by atoms with E-state index in [4.69, 9.17) is 5.73 Å². The van der Waals surface area contributed by atoms with E-state index in [1.807, 2.05) is 0 Å². The van der Waals surface area contributed by atoms with E-state index < -0.39 is 10.8 Å². The minimum Gasteiger partial charge on any atom is -0.399 e. The zero-order chi connectivity index (χ0) is 11.4. The lowest BCUT2D eigenvalue weighted by atomic mass is 10.3. The first-order valence-electron chi connectivity index (χ1n) is 4.45. The van der Waals surface area contributed by atoms with E-state index in [0.717, 1.165) is 0 Å². The lowest BCUT2D eigenvalue weighted by Gasteiger charge is -2.09. The summed E-state index contributed by atoms with van der Waals surface area (Å²) in [7, 11) is 1.99. The summed E-state index contributed by atoms with van der Waals surface area (Å²) in [5.41, 5.74) is 6.12. The van der Waals surface area contributed by atoms with Crippen LogP contribution in [0.2, 0.25) is 0 Å². The summed E-state index contributed by atoms with van der Waals surface area (Å²) in [4.78, 5) is 13.4. The Morgan fingerprint density at radius 1 is 1.33 bits per heavy atom. The second kappa shape index (κ2) is 4.93. The Balaban J connectivity index is 2.69. The normalized spacial score (nSPS) is 12.1. The van der Waals surface area contributed by atoms with E-state index in [0.29, 0.717) is 10.6 Å². The molecule has 0 spiro atoms. The monoisotopic (exact) mass is 226 g/mol. The summed E-state index contributed by atoms with van der Waals surface area (Å²) in [6, 6.07) is 6.70. The summed E-state index contributed by atoms with van der Waals surface area (Å²) < 4.78 is 11.7. The maximum atomic E-state index is 11.7. The molecule has 0 fully saturated rings. The second-order valence-electron chi connectivity index (χ2n) is 3.35. The van der Waals surface area contributed by atoms with Gasteiger partial charge in [-0.25, -0.2) is 0 Å². The van der Waals surface area contributed by atoms with Gasteiger partial charge in [-0.15, -0.1) is 0 Å². The third-order valence-corrected chi connectivity index (χ3v) is 3.20. The van der Waals surface area contributed by atoms with E-state index in [9.17, 15) is 9.00 Å². The van der Waals surface area contributed by atoms with Crippen LogP contribution in [-0.2, 0) is 15.6 Å². The number of nitrogens with two attached hydrogens (primary N) is 1. The van der Waals surface area contributed by atoms with Crippen molar-refractivity contribution in [1.82, 2.24) is 4.90 Å². The van der Waals surface area contributed by atoms with Crippen LogP contribution in [-0.4, -0.2) is 34.9 Å². The molecule has 0 bridgehead atoms. The summed E-state index contributed by atoms with van der Waals surface area (Å²) >= 11 is 0. The molecule has 0 radical (unpaired) electrons. The topological polar surface area (TPSA) is 63.4 Å². The van der Waals surface area contributed by atoms with Crippen molar-refractivity contribution in [1.29, 1.82) is 0 Å². The van der Waals surface area contributed by atoms with Gasteiger partial charge in [-0.3, -0.25) is 9.00 Å². The lowest BCUT2D eigenvalue weighted by molar-refractivity contribution is -0.125. The predicted molar refractivity (Wildman–Crippen MR) is 60.8 cm³/mol. The summed E-state index contributed by atoms with van der Waals surface area (Å²) in [6.45, 7) is 0. The number of carbonyl (C=O) groups excluding carboxylic acids is 1. The van der Waals surface area contributed by atoms with Crippen molar-refractivity contribution in [2.24, 2.45) is 0 Å². The maximum absolute atomic E-state index is 11.7. The number of anilines is 1. The smallest absolute Gasteiger partial charge is 0.235 e. The highest BCUT2D eigenvalue weighted by atomic mass is 32.2. The van der Waals surface area contributed by atoms with Crippen LogP contribution in [0.4, 0.5) is 5.69 Å². The molecular weight excluding hydrogens is 212 g/mol. The van der Waals surface area contributed by atoms with Crippen LogP contribution in [0.1, 0.15) is 0 Å². The number of hydrogen-bond donors (Lipinski definition) is 1. The van der Waals surface area contributed by atoms with Crippen molar-refractivity contribution >= 4 is 22.4 Å². The van der Waals surface area contributed by atoms with Gasteiger partial charge in [-0.05, 0) is 24.3 Å². The van der Waals surface area contributed by atoms with Gasteiger partial charge >= 0.3 is 0 Å². The summed E-state index contributed by atoms with van der Waals surface area (Å²) in [5, 5.41) is 0. The molecule has 0 heterocycles. The molecule has 1 amide bonds. The first kappa shape index (κ1) is 11.7. The minimum atomic E-state index is -1.29. The quantitative estimate of drug-likeness (QED) is 0.762. The van der Waals surface area contributed by atoms with Crippen molar-refractivity contribution < 1.29 is 9.00 Å². The van der Waals surface area contributed by atoms with Gasteiger partial charge in [0, 0.05) is 24.7 Å². The number of benzene rings is 1. The molecule has 1 unspecified atom stereocenters. The van der Waals surface area contributed by atoms with Crippen molar-refractivity contribution in [3.63, 3.8) is 0 Å². The molecule has 4 nitrogen and oxygen atoms in total. The SMILES string of the molecule is CN(C)C(=O)CS(=O)c1ccc(N)cc1. The Morgan fingerprint density at radius 3 is 2.33 bits per heavy atom. The van der Waals surface area contributed by atoms with Gasteiger partial charge in [0.1, 0.15) is 5.75 Å². The molecule has 0 aromatic heterocycles. The van der Waals surface area contributed by atoms with Crippen LogP contribution in [0, 0.1) is 0 Å². The lowest BCUT2D eigenvalue weighted by Crippen LogP contribution is -2.26. The molecule has 1 aromatic carbocycles. The predicted octanol–water partition coefficient (Wildman–Crippen LogP) is 0.465. The Morgan fingerprint density at radius 2 is 1.87 bits per heavy atom. The van der Waals surface area contributed by atoms with E-state index in [-0.39, 0.29) is 11.7 Å². The standard InChI is InChI=1S/C10H14N2O2S/c1-12(2)10(13)7-15(14)9-5-3-8(11)4-6-9/h3-6H,7,11H2,1-2H3. The molecule has 0 aliphatic heterocycles. The average Bonchev–Trinajstić information content (AvgIpc) is 2.18. The first-order valence-corrected chi connectivity index (χ1v) is 5.76. The van der Waals surface area contributed by atoms with Gasteiger partial charge < -0.3 is 10.6 Å². The van der Waals surface area contributed by atoms with Crippen LogP contribution in [0.5, 0.6) is 0 Å². The minimum absolute atomic E-state index is 0.0108. The van der Waals surface area contributed by atoms with Crippen molar-refractivity contribution in [3.05, 3.63) is 24.3 Å². The molecule has 0 saturated heterocycles. The fraction of sp³-hybridized carbons (Fsp3) is 0.300. The Kier molecular flexibility index (Phi) is 3.85. The van der Waals surface area contributed by atoms with Crippen molar-refractivity contribution in [3.8, 4) is 0 Å². The maximum Gasteiger partial charge on any atom is 0.235 e. The van der Waals surface area contributed by atoms with E-state index in [2.05, 4.69) is 0 Å². The number of rotatable bonds is 3. The highest BCUT2D eigenvalue weighted by Crippen LogP contribution is 2.10. The van der Waals surface area contributed by atoms with Crippen molar-refractivity contribution in [2.45, 2.75) is 4.90 Å². The van der Waals surface area contributed by atoms with Crippen LogP contribution in [0.15, 0.2) is 29.2 Å². The number of carbonyl (C=O) groups is 1. The van der Waals surface area contributed by atoms with Crippen LogP contribution in [0.25, 0.3) is 0 Å². The number of nitrogens with zero attached hydrogens (tertiary/aromatic N) is 1. The molecule has 2 N–H and O–H groups in total. The fourth-order valence-electron chi connectivity index (χ4n) is 0.944. The molecule has 5 heteroatoms. The van der Waals surface area contributed by atoms with Crippen LogP contribution in [0.3, 0.4) is 0 Å². The Bertz CT molecular complexity index is 374. The van der Waals surface area contributed by atoms with Gasteiger partial charge in [0.2, 0.25) is 5.91 Å². The summed E-state index contributed by atoms with van der Waals surface area (Å²) in [6.07, 6.45) is 0. The van der Waals surface area contributed by atoms with E-state index in [1.165, 1.54) is 4.90 Å². The zero-order valence-corrected chi connectivity index (χ0v) is 9.58. The number of nitrogen functional groups attached to an aromatic ring is 1. The van der Waals surface area contributed by atoms with Gasteiger partial charge in [-0.1, -0.05) is 0 Å². The molecule has 1 atom stereocenters. The Labute approximate surface area is 91.5 Å². The molecule has 1 rings (SSSR count). The third-order valence-electron chi connectivity index (χ3n) is 1.90. The average molecular weight is 226 g/mol. The molecule has 0 aliphatic carbocycles. The van der Waals surface area contributed by atoms with E-state index >= 15 is 0 Å². The molecule has 15 heavy (non-hydrogen) atoms. The van der Waals surface area contributed by atoms with Gasteiger partial charge in [0.05, 0.1) is 10.8 Å². The fourth-order valence-corrected chi connectivity index (χ4v) is 2.03. The van der Waals surface area contributed by atoms with Gasteiger partial charge in [0.25, 0.3) is 0 Å². The highest BCUT2D eigenvalue weighted by Gasteiger charge is 2.11. The molecule has 82 valence electrons. The largest absolute Gasteiger partial charge is 0.399 e. The van der Waals surface area contributed by atoms with Gasteiger partial charge in [0.15, 0.2) is 0 Å². The summed E-state index contributed by atoms with van der Waals surface area (Å²) in [5.74, 6) is -0.137. The second-order valence-corrected chi connectivity index (χ2v) is 4.80. The van der Waals surface area contributed by atoms with Crippen LogP contribution >= 0.6 is 0 Å². The number of hydrogen-bond acceptors (Lipinski definition) is 3. The van der Waals surface area contributed by atoms with Gasteiger partial charge in [-0.2, -0.15) is 0 Å². The molecule has 0 aliphatic rings. The number of amides is 1. The highest BCUT2D eigenvalue weighted by molar-refractivity contribution is 7.85.